The number of rotatable bonds is 5. The number of carboxylic acids is 1. The van der Waals surface area contributed by atoms with Crippen LogP contribution in [-0.4, -0.2) is 44.6 Å². The van der Waals surface area contributed by atoms with E-state index in [2.05, 4.69) is 43.8 Å². The van der Waals surface area contributed by atoms with Gasteiger partial charge in [-0.2, -0.15) is 4.79 Å². The number of carbonyl (C=O) groups excluding carboxylic acids is 3. The van der Waals surface area contributed by atoms with E-state index in [0.29, 0.717) is 17.6 Å². The van der Waals surface area contributed by atoms with Crippen LogP contribution in [0.1, 0.15) is 116 Å². The molecule has 56 heavy (non-hydrogen) atoms. The molecule has 0 saturated heterocycles. The highest BCUT2D eigenvalue weighted by Gasteiger charge is 2.26. The van der Waals surface area contributed by atoms with E-state index in [9.17, 15) is 19.2 Å². The summed E-state index contributed by atoms with van der Waals surface area (Å²) in [7, 11) is 0. The highest BCUT2D eigenvalue weighted by atomic mass is 16.4. The zero-order chi connectivity index (χ0) is 39.5. The van der Waals surface area contributed by atoms with Gasteiger partial charge in [-0.25, -0.2) is 4.79 Å². The predicted molar refractivity (Wildman–Crippen MR) is 224 cm³/mol. The Hall–Kier alpha value is -6.56. The summed E-state index contributed by atoms with van der Waals surface area (Å²) in [6.07, 6.45) is 19.3. The fourth-order valence-corrected chi connectivity index (χ4v) is 7.15. The zero-order valence-electron chi connectivity index (χ0n) is 32.1. The number of hydrogen-bond acceptors (Lipinski definition) is 4. The monoisotopic (exact) mass is 746 g/mol. The van der Waals surface area contributed by atoms with Gasteiger partial charge in [-0.15, -0.1) is 0 Å². The maximum atomic E-state index is 11.8. The number of aliphatic carboxylic acids is 1. The van der Waals surface area contributed by atoms with Crippen LogP contribution >= 0.6 is 0 Å². The molecule has 0 aliphatic heterocycles. The summed E-state index contributed by atoms with van der Waals surface area (Å²) in [6, 6.07) is 23.5. The summed E-state index contributed by atoms with van der Waals surface area (Å²) < 4.78 is 0. The summed E-state index contributed by atoms with van der Waals surface area (Å²) in [5.41, 5.74) is 22.1. The molecular weight excluding hydrogens is 701 g/mol. The van der Waals surface area contributed by atoms with Gasteiger partial charge in [0.05, 0.1) is 5.57 Å². The molecule has 0 spiro atoms. The summed E-state index contributed by atoms with van der Waals surface area (Å²) in [6.45, 7) is 8.36. The first kappa shape index (κ1) is 42.2. The van der Waals surface area contributed by atoms with Crippen molar-refractivity contribution in [1.82, 2.24) is 0 Å². The SMILES string of the molecule is CCc1cccc2c1C=CC(=[N+]=[N-])C2=O.CCc1cccc2c1C=CC2=C=O.CCc1cccc2c1C=CC2C(=O)O.CCc1cccc2c1C=CCC2=O.O. The number of allylic oxidation sites excluding steroid dienone is 4. The molecule has 0 aromatic heterocycles. The average Bonchev–Trinajstić information content (AvgIpc) is 3.86. The lowest BCUT2D eigenvalue weighted by atomic mass is 9.90. The molecule has 1 unspecified atom stereocenters. The smallest absolute Gasteiger partial charge is 0.362 e. The Morgan fingerprint density at radius 2 is 1.18 bits per heavy atom. The van der Waals surface area contributed by atoms with Crippen molar-refractivity contribution in [3.63, 3.8) is 0 Å². The fraction of sp³-hybridized carbons (Fsp3) is 0.208. The molecule has 0 saturated carbocycles. The van der Waals surface area contributed by atoms with Crippen LogP contribution in [0.4, 0.5) is 0 Å². The minimum absolute atomic E-state index is 0. The molecule has 8 nitrogen and oxygen atoms in total. The van der Waals surface area contributed by atoms with E-state index < -0.39 is 11.9 Å². The Kier molecular flexibility index (Phi) is 14.8. The molecule has 1 atom stereocenters. The molecule has 4 aliphatic carbocycles. The van der Waals surface area contributed by atoms with Gasteiger partial charge in [-0.05, 0) is 87.9 Å². The maximum absolute atomic E-state index is 11.8. The van der Waals surface area contributed by atoms with Crippen molar-refractivity contribution in [2.24, 2.45) is 0 Å². The van der Waals surface area contributed by atoms with Crippen molar-refractivity contribution in [2.75, 3.05) is 0 Å². The van der Waals surface area contributed by atoms with Gasteiger partial charge in [-0.1, -0.05) is 131 Å². The Morgan fingerprint density at radius 1 is 0.679 bits per heavy atom. The minimum Gasteiger partial charge on any atom is -0.481 e. The number of nitrogens with zero attached hydrogens (tertiary/aromatic N) is 2. The van der Waals surface area contributed by atoms with Crippen LogP contribution in [0.5, 0.6) is 0 Å². The largest absolute Gasteiger partial charge is 0.481 e. The molecule has 284 valence electrons. The second-order valence-corrected chi connectivity index (χ2v) is 13.2. The zero-order valence-corrected chi connectivity index (χ0v) is 32.1. The first-order valence-electron chi connectivity index (χ1n) is 18.7. The third kappa shape index (κ3) is 9.03. The molecular formula is C48H46N2O6. The van der Waals surface area contributed by atoms with Crippen molar-refractivity contribution in [1.29, 1.82) is 0 Å². The molecule has 3 N–H and O–H groups in total. The Morgan fingerprint density at radius 3 is 1.73 bits per heavy atom. The standard InChI is InChI=1S/C12H10N2O.C12H12O2.C12H12O.C12H10O.H2O/c1-2-8-4-3-5-10-9(8)6-7-11(14-13)12(10)15;1-2-8-4-3-5-10-9(8)6-7-11(10)12(13)14;1-2-9-5-3-7-11-10(9)6-4-8-12(11)13;1-2-9-4-3-5-11-10(8-13)6-7-12(9)11;/h3-7H,2H2,1H3;3-7,11H,2H2,1H3,(H,13,14);3-7H,2,8H2,1H3;3-7H,2H2,1H3;1H2. The number of Topliss-reactive ketones (excluding diaryl/α,β-unsaturated/α-hetero) is 2. The van der Waals surface area contributed by atoms with Crippen LogP contribution in [-0.2, 0) is 35.3 Å². The molecule has 0 bridgehead atoms. The van der Waals surface area contributed by atoms with Crippen molar-refractivity contribution in [3.05, 3.63) is 169 Å². The first-order chi connectivity index (χ1) is 26.7. The summed E-state index contributed by atoms with van der Waals surface area (Å²) in [4.78, 5) is 47.7. The van der Waals surface area contributed by atoms with E-state index in [4.69, 9.17) is 10.6 Å². The number of hydrogen-bond donors (Lipinski definition) is 1. The second-order valence-electron chi connectivity index (χ2n) is 13.2. The molecule has 0 heterocycles. The van der Waals surface area contributed by atoms with Crippen molar-refractivity contribution in [2.45, 2.75) is 65.7 Å². The number of fused-ring (bicyclic) bond motifs is 4. The third-order valence-electron chi connectivity index (χ3n) is 10.1. The van der Waals surface area contributed by atoms with Gasteiger partial charge in [0, 0.05) is 29.2 Å². The molecule has 8 heteroatoms. The lowest BCUT2D eigenvalue weighted by Crippen LogP contribution is -2.18. The molecule has 4 aromatic carbocycles. The van der Waals surface area contributed by atoms with Crippen molar-refractivity contribution >= 4 is 59.1 Å². The van der Waals surface area contributed by atoms with Crippen LogP contribution in [0, 0.1) is 0 Å². The highest BCUT2D eigenvalue weighted by molar-refractivity contribution is 6.50. The Balaban J connectivity index is 0.000000165. The summed E-state index contributed by atoms with van der Waals surface area (Å²) in [5, 5.41) is 8.97. The van der Waals surface area contributed by atoms with Gasteiger partial charge in [0.25, 0.3) is 5.78 Å². The highest BCUT2D eigenvalue weighted by Crippen LogP contribution is 2.33. The van der Waals surface area contributed by atoms with E-state index in [1.165, 1.54) is 22.3 Å². The molecule has 8 rings (SSSR count). The molecule has 4 aromatic rings. The maximum Gasteiger partial charge on any atom is 0.362 e. The number of carboxylic acid groups (broad SMARTS) is 1. The quantitative estimate of drug-likeness (QED) is 0.122. The Labute approximate surface area is 327 Å². The van der Waals surface area contributed by atoms with E-state index in [-0.39, 0.29) is 22.8 Å². The van der Waals surface area contributed by atoms with E-state index in [1.54, 1.807) is 18.2 Å². The van der Waals surface area contributed by atoms with Crippen LogP contribution in [0.25, 0.3) is 35.4 Å². The molecule has 0 amide bonds. The Bertz CT molecular complexity index is 2380. The molecule has 0 radical (unpaired) electrons. The summed E-state index contributed by atoms with van der Waals surface area (Å²) >= 11 is 0. The van der Waals surface area contributed by atoms with Crippen LogP contribution < -0.4 is 0 Å². The van der Waals surface area contributed by atoms with Crippen LogP contribution in [0.3, 0.4) is 0 Å². The topological polar surface area (TPSA) is 156 Å². The van der Waals surface area contributed by atoms with Crippen LogP contribution in [0.2, 0.25) is 0 Å². The van der Waals surface area contributed by atoms with Gasteiger partial charge in [-0.3, -0.25) is 14.4 Å². The van der Waals surface area contributed by atoms with E-state index in [0.717, 1.165) is 64.6 Å². The molecule has 0 fully saturated rings. The third-order valence-corrected chi connectivity index (χ3v) is 10.1. The van der Waals surface area contributed by atoms with E-state index in [1.807, 2.05) is 97.8 Å². The first-order valence-corrected chi connectivity index (χ1v) is 18.7. The average molecular weight is 747 g/mol. The summed E-state index contributed by atoms with van der Waals surface area (Å²) in [5.74, 6) is 0.759. The predicted octanol–water partition coefficient (Wildman–Crippen LogP) is 9.09. The van der Waals surface area contributed by atoms with Gasteiger partial charge in [0.2, 0.25) is 0 Å². The molecule has 4 aliphatic rings. The van der Waals surface area contributed by atoms with Gasteiger partial charge >= 0.3 is 11.7 Å². The number of benzene rings is 4. The second kappa shape index (κ2) is 19.7. The number of ketones is 2. The minimum atomic E-state index is -0.770. The van der Waals surface area contributed by atoms with Crippen molar-refractivity contribution < 1.29 is 34.6 Å². The number of carbonyl (C=O) groups is 3. The van der Waals surface area contributed by atoms with Crippen LogP contribution in [0.15, 0.2) is 97.1 Å². The van der Waals surface area contributed by atoms with Crippen molar-refractivity contribution in [3.8, 4) is 0 Å². The van der Waals surface area contributed by atoms with Gasteiger partial charge in [0.15, 0.2) is 5.78 Å². The van der Waals surface area contributed by atoms with E-state index >= 15 is 0 Å². The normalized spacial score (nSPS) is 14.5. The lowest BCUT2D eigenvalue weighted by molar-refractivity contribution is -0.137. The van der Waals surface area contributed by atoms with Gasteiger partial charge < -0.3 is 16.1 Å². The fourth-order valence-electron chi connectivity index (χ4n) is 7.15. The van der Waals surface area contributed by atoms with Gasteiger partial charge in [0.1, 0.15) is 11.9 Å². The lowest BCUT2D eigenvalue weighted by Gasteiger charge is -2.12. The number of aryl methyl sites for hydroxylation is 4.